The fourth-order valence-electron chi connectivity index (χ4n) is 0.481. The number of hydrogen-bond donors (Lipinski definition) is 3. The lowest BCUT2D eigenvalue weighted by Gasteiger charge is -1.93. The van der Waals surface area contributed by atoms with Gasteiger partial charge in [0.25, 0.3) is 16.0 Å². The third-order valence-corrected chi connectivity index (χ3v) is 0.924. The largest absolute Gasteiger partial charge is 0.288 e. The molecular weight excluding hydrogens is 226 g/mol. The molecule has 84 valence electrons. The first-order valence-corrected chi connectivity index (χ1v) is 5.31. The molecule has 9 heteroatoms. The van der Waals surface area contributed by atoms with Crippen LogP contribution in [0.3, 0.4) is 0 Å². The SMILES string of the molecule is CS(=O)(=O)O.O=C(NO)c1cncnc1. The van der Waals surface area contributed by atoms with Crippen molar-refractivity contribution < 1.29 is 23.0 Å². The second-order valence-electron chi connectivity index (χ2n) is 2.30. The monoisotopic (exact) mass is 235 g/mol. The average Bonchev–Trinajstić information content (AvgIpc) is 2.15. The number of hydrogen-bond acceptors (Lipinski definition) is 6. The fraction of sp³-hybridized carbons (Fsp3) is 0.167. The number of carbonyl (C=O) groups excluding carboxylic acids is 1. The third-order valence-electron chi connectivity index (χ3n) is 0.924. The van der Waals surface area contributed by atoms with Gasteiger partial charge in [0.15, 0.2) is 0 Å². The summed E-state index contributed by atoms with van der Waals surface area (Å²) in [7, 11) is -3.67. The Morgan fingerprint density at radius 1 is 1.40 bits per heavy atom. The Balaban J connectivity index is 0.000000336. The summed E-state index contributed by atoms with van der Waals surface area (Å²) in [6, 6.07) is 0. The van der Waals surface area contributed by atoms with Crippen molar-refractivity contribution in [3.63, 3.8) is 0 Å². The molecule has 1 aromatic heterocycles. The van der Waals surface area contributed by atoms with Gasteiger partial charge in [-0.05, 0) is 0 Å². The van der Waals surface area contributed by atoms with Gasteiger partial charge in [0.2, 0.25) is 0 Å². The van der Waals surface area contributed by atoms with Crippen LogP contribution in [0.5, 0.6) is 0 Å². The summed E-state index contributed by atoms with van der Waals surface area (Å²) in [5, 5.41) is 8.13. The second kappa shape index (κ2) is 6.01. The van der Waals surface area contributed by atoms with E-state index < -0.39 is 16.0 Å². The number of nitrogens with zero attached hydrogens (tertiary/aromatic N) is 2. The van der Waals surface area contributed by atoms with E-state index in [-0.39, 0.29) is 5.56 Å². The highest BCUT2D eigenvalue weighted by Gasteiger charge is 2.01. The molecule has 0 aromatic carbocycles. The zero-order chi connectivity index (χ0) is 11.9. The lowest BCUT2D eigenvalue weighted by atomic mass is 10.3. The van der Waals surface area contributed by atoms with Gasteiger partial charge in [0.1, 0.15) is 6.33 Å². The summed E-state index contributed by atoms with van der Waals surface area (Å²) in [6.07, 6.45) is 4.62. The second-order valence-corrected chi connectivity index (χ2v) is 3.77. The summed E-state index contributed by atoms with van der Waals surface area (Å²) in [5.74, 6) is -0.611. The smallest absolute Gasteiger partial charge is 0.277 e. The maximum Gasteiger partial charge on any atom is 0.277 e. The van der Waals surface area contributed by atoms with E-state index in [9.17, 15) is 13.2 Å². The fourth-order valence-corrected chi connectivity index (χ4v) is 0.481. The lowest BCUT2D eigenvalue weighted by Crippen LogP contribution is -2.18. The number of carbonyl (C=O) groups is 1. The van der Waals surface area contributed by atoms with Crippen molar-refractivity contribution in [3.05, 3.63) is 24.3 Å². The lowest BCUT2D eigenvalue weighted by molar-refractivity contribution is 0.0705. The van der Waals surface area contributed by atoms with Crippen molar-refractivity contribution in [1.29, 1.82) is 0 Å². The first kappa shape index (κ1) is 13.4. The van der Waals surface area contributed by atoms with Crippen LogP contribution in [0.15, 0.2) is 18.7 Å². The minimum absolute atomic E-state index is 0.227. The molecule has 0 aliphatic heterocycles. The molecule has 0 fully saturated rings. The number of hydroxylamine groups is 1. The van der Waals surface area contributed by atoms with E-state index in [4.69, 9.17) is 9.76 Å². The van der Waals surface area contributed by atoms with Crippen molar-refractivity contribution in [3.8, 4) is 0 Å². The van der Waals surface area contributed by atoms with Crippen molar-refractivity contribution in [1.82, 2.24) is 15.4 Å². The topological polar surface area (TPSA) is 129 Å². The summed E-state index contributed by atoms with van der Waals surface area (Å²) >= 11 is 0. The maximum absolute atomic E-state index is 10.6. The molecule has 0 spiro atoms. The molecule has 1 heterocycles. The van der Waals surface area contributed by atoms with Crippen LogP contribution in [0, 0.1) is 0 Å². The Kier molecular flexibility index (Phi) is 5.37. The quantitative estimate of drug-likeness (QED) is 0.326. The first-order valence-electron chi connectivity index (χ1n) is 3.46. The van der Waals surface area contributed by atoms with Crippen LogP contribution in [0.1, 0.15) is 10.4 Å². The predicted octanol–water partition coefficient (Wildman–Crippen LogP) is -0.900. The molecule has 3 N–H and O–H groups in total. The highest BCUT2D eigenvalue weighted by Crippen LogP contribution is 1.89. The van der Waals surface area contributed by atoms with Crippen LogP contribution in [-0.4, -0.2) is 40.3 Å². The first-order chi connectivity index (χ1) is 6.84. The molecule has 0 saturated heterocycles. The Labute approximate surface area is 85.7 Å². The molecule has 8 nitrogen and oxygen atoms in total. The zero-order valence-electron chi connectivity index (χ0n) is 7.65. The molecule has 1 rings (SSSR count). The summed E-state index contributed by atoms with van der Waals surface area (Å²) < 4.78 is 25.9. The van der Waals surface area contributed by atoms with Crippen LogP contribution in [0.25, 0.3) is 0 Å². The summed E-state index contributed by atoms with van der Waals surface area (Å²) in [5.41, 5.74) is 1.69. The number of amides is 1. The molecule has 0 radical (unpaired) electrons. The van der Waals surface area contributed by atoms with Crippen LogP contribution >= 0.6 is 0 Å². The van der Waals surface area contributed by atoms with E-state index in [0.29, 0.717) is 6.26 Å². The molecule has 0 aliphatic carbocycles. The van der Waals surface area contributed by atoms with Gasteiger partial charge in [-0.15, -0.1) is 0 Å². The number of rotatable bonds is 1. The van der Waals surface area contributed by atoms with Crippen LogP contribution < -0.4 is 5.48 Å². The Morgan fingerprint density at radius 2 is 1.80 bits per heavy atom. The van der Waals surface area contributed by atoms with Gasteiger partial charge >= 0.3 is 0 Å². The van der Waals surface area contributed by atoms with Crippen LogP contribution in [0.2, 0.25) is 0 Å². The number of nitrogens with one attached hydrogen (secondary N) is 1. The van der Waals surface area contributed by atoms with Gasteiger partial charge < -0.3 is 0 Å². The minimum atomic E-state index is -3.67. The Bertz CT molecular complexity index is 396. The van der Waals surface area contributed by atoms with Crippen LogP contribution in [0.4, 0.5) is 0 Å². The molecule has 0 unspecified atom stereocenters. The zero-order valence-corrected chi connectivity index (χ0v) is 8.47. The molecule has 0 aliphatic rings. The van der Waals surface area contributed by atoms with Crippen LogP contribution in [-0.2, 0) is 10.1 Å². The van der Waals surface area contributed by atoms with Crippen molar-refractivity contribution in [2.45, 2.75) is 0 Å². The van der Waals surface area contributed by atoms with Crippen molar-refractivity contribution in [2.24, 2.45) is 0 Å². The predicted molar refractivity (Wildman–Crippen MR) is 48.8 cm³/mol. The van der Waals surface area contributed by atoms with E-state index in [2.05, 4.69) is 9.97 Å². The Morgan fingerprint density at radius 3 is 2.13 bits per heavy atom. The van der Waals surface area contributed by atoms with E-state index in [1.807, 2.05) is 0 Å². The van der Waals surface area contributed by atoms with E-state index >= 15 is 0 Å². The average molecular weight is 235 g/mol. The van der Waals surface area contributed by atoms with Crippen molar-refractivity contribution in [2.75, 3.05) is 6.26 Å². The highest BCUT2D eigenvalue weighted by molar-refractivity contribution is 7.85. The van der Waals surface area contributed by atoms with Crippen molar-refractivity contribution >= 4 is 16.0 Å². The van der Waals surface area contributed by atoms with Gasteiger partial charge in [-0.2, -0.15) is 8.42 Å². The van der Waals surface area contributed by atoms with E-state index in [0.717, 1.165) is 0 Å². The third kappa shape index (κ3) is 8.74. The maximum atomic E-state index is 10.6. The summed E-state index contributed by atoms with van der Waals surface area (Å²) in [4.78, 5) is 17.7. The van der Waals surface area contributed by atoms with Gasteiger partial charge in [0, 0.05) is 12.4 Å². The molecule has 1 aromatic rings. The molecule has 15 heavy (non-hydrogen) atoms. The molecule has 1 amide bonds. The molecule has 0 atom stereocenters. The van der Waals surface area contributed by atoms with E-state index in [1.165, 1.54) is 24.2 Å². The van der Waals surface area contributed by atoms with Gasteiger partial charge in [0.05, 0.1) is 11.8 Å². The van der Waals surface area contributed by atoms with Gasteiger partial charge in [-0.3, -0.25) is 14.6 Å². The molecular formula is C6H9N3O5S. The Hall–Kier alpha value is -1.58. The highest BCUT2D eigenvalue weighted by atomic mass is 32.2. The van der Waals surface area contributed by atoms with E-state index in [1.54, 1.807) is 0 Å². The minimum Gasteiger partial charge on any atom is -0.288 e. The number of aromatic nitrogens is 2. The van der Waals surface area contributed by atoms with Gasteiger partial charge in [-0.1, -0.05) is 0 Å². The van der Waals surface area contributed by atoms with Gasteiger partial charge in [-0.25, -0.2) is 15.4 Å². The molecule has 0 bridgehead atoms. The molecule has 0 saturated carbocycles. The summed E-state index contributed by atoms with van der Waals surface area (Å²) in [6.45, 7) is 0. The normalized spacial score (nSPS) is 9.80. The standard InChI is InChI=1S/C5H5N3O2.CH4O3S/c9-5(8-10)4-1-6-3-7-2-4;1-5(2,3)4/h1-3,10H,(H,8,9);1H3,(H,2,3,4).